The van der Waals surface area contributed by atoms with Gasteiger partial charge in [-0.05, 0) is 56.5 Å². The Morgan fingerprint density at radius 3 is 2.51 bits per heavy atom. The third-order valence-electron chi connectivity index (χ3n) is 6.95. The number of hydrogen-bond donors (Lipinski definition) is 2. The summed E-state index contributed by atoms with van der Waals surface area (Å²) >= 11 is 0. The van der Waals surface area contributed by atoms with Gasteiger partial charge >= 0.3 is 0 Å². The number of amides is 1. The monoisotopic (exact) mass is 573 g/mol. The van der Waals surface area contributed by atoms with Crippen LogP contribution in [0.2, 0.25) is 0 Å². The number of rotatable bonds is 8. The number of aliphatic hydroxyl groups excluding tert-OH is 1. The number of nitrogens with one attached hydrogen (secondary N) is 1. The van der Waals surface area contributed by atoms with E-state index in [2.05, 4.69) is 15.3 Å². The van der Waals surface area contributed by atoms with Crippen LogP contribution in [0.25, 0.3) is 22.4 Å². The van der Waals surface area contributed by atoms with E-state index >= 15 is 0 Å². The summed E-state index contributed by atoms with van der Waals surface area (Å²) in [5.74, 6) is -0.844. The van der Waals surface area contributed by atoms with Crippen LogP contribution in [0.1, 0.15) is 60.4 Å². The molecule has 0 aliphatic carbocycles. The van der Waals surface area contributed by atoms with Crippen molar-refractivity contribution in [2.24, 2.45) is 0 Å². The standard InChI is InChI=1S/C31H32FN5O3S/c1-31(2,3)41(40)37-18-23-14-26(30(39)35-17-22-7-4-5-10-25(22)32)36-29(28(23)27(37)11-12-38)21-9-6-8-20(13-21)24-15-33-19-34-16-24/h4-10,13-16,19,27,38H,11-12,17-18H2,1-3H3,(H,35,39)/t27-,41-/m0/s1. The predicted molar refractivity (Wildman–Crippen MR) is 156 cm³/mol. The number of hydrogen-bond acceptors (Lipinski definition) is 6. The van der Waals surface area contributed by atoms with Crippen molar-refractivity contribution in [2.75, 3.05) is 6.61 Å². The fraction of sp³-hybridized carbons (Fsp3) is 0.290. The molecule has 0 unspecified atom stereocenters. The minimum Gasteiger partial charge on any atom is -0.396 e. The minimum atomic E-state index is -1.38. The van der Waals surface area contributed by atoms with Crippen LogP contribution in [-0.2, 0) is 24.1 Å². The smallest absolute Gasteiger partial charge is 0.270 e. The fourth-order valence-electron chi connectivity index (χ4n) is 5.01. The lowest BCUT2D eigenvalue weighted by Crippen LogP contribution is -2.36. The molecule has 5 rings (SSSR count). The number of pyridine rings is 1. The first-order chi connectivity index (χ1) is 19.7. The summed E-state index contributed by atoms with van der Waals surface area (Å²) in [6, 6.07) is 15.4. The summed E-state index contributed by atoms with van der Waals surface area (Å²) in [6.07, 6.45) is 5.27. The number of benzene rings is 2. The molecule has 2 aromatic heterocycles. The van der Waals surface area contributed by atoms with E-state index in [1.54, 1.807) is 36.7 Å². The predicted octanol–water partition coefficient (Wildman–Crippen LogP) is 4.98. The Bertz CT molecular complexity index is 1590. The molecule has 1 amide bonds. The summed E-state index contributed by atoms with van der Waals surface area (Å²) < 4.78 is 29.2. The van der Waals surface area contributed by atoms with Crippen LogP contribution >= 0.6 is 0 Å². The van der Waals surface area contributed by atoms with E-state index < -0.39 is 27.5 Å². The largest absolute Gasteiger partial charge is 0.396 e. The van der Waals surface area contributed by atoms with Crippen LogP contribution in [0.15, 0.2) is 73.3 Å². The number of carbonyl (C=O) groups excluding carboxylic acids is 1. The lowest BCUT2D eigenvalue weighted by atomic mass is 9.94. The van der Waals surface area contributed by atoms with Gasteiger partial charge in [-0.15, -0.1) is 0 Å². The first kappa shape index (κ1) is 28.7. The molecule has 2 N–H and O–H groups in total. The summed E-state index contributed by atoms with van der Waals surface area (Å²) in [6.45, 7) is 5.97. The SMILES string of the molecule is CC(C)(C)[S@](=O)N1Cc2cc(C(=O)NCc3ccccc3F)nc(-c3cccc(-c4cncnc4)c3)c2[C@@H]1CCO. The van der Waals surface area contributed by atoms with E-state index in [1.165, 1.54) is 12.4 Å². The molecule has 0 saturated carbocycles. The van der Waals surface area contributed by atoms with Gasteiger partial charge in [0.1, 0.15) is 28.8 Å². The van der Waals surface area contributed by atoms with E-state index in [1.807, 2.05) is 49.3 Å². The highest BCUT2D eigenvalue weighted by Gasteiger charge is 2.40. The molecule has 0 bridgehead atoms. The fourth-order valence-corrected chi connectivity index (χ4v) is 6.41. The molecule has 1 aliphatic heterocycles. The van der Waals surface area contributed by atoms with E-state index in [4.69, 9.17) is 4.98 Å². The quantitative estimate of drug-likeness (QED) is 0.308. The molecule has 3 heterocycles. The molecule has 212 valence electrons. The third kappa shape index (κ3) is 6.09. The molecule has 0 saturated heterocycles. The Morgan fingerprint density at radius 2 is 1.80 bits per heavy atom. The zero-order valence-corrected chi connectivity index (χ0v) is 24.0. The lowest BCUT2D eigenvalue weighted by molar-refractivity contribution is 0.0945. The van der Waals surface area contributed by atoms with Crippen LogP contribution in [0.3, 0.4) is 0 Å². The summed E-state index contributed by atoms with van der Waals surface area (Å²) in [5.41, 5.74) is 5.23. The van der Waals surface area contributed by atoms with E-state index in [0.29, 0.717) is 24.2 Å². The van der Waals surface area contributed by atoms with Crippen LogP contribution in [0.5, 0.6) is 0 Å². The van der Waals surface area contributed by atoms with Crippen molar-refractivity contribution in [3.05, 3.63) is 102 Å². The normalized spacial score (nSPS) is 15.9. The number of fused-ring (bicyclic) bond motifs is 1. The van der Waals surface area contributed by atoms with Crippen molar-refractivity contribution in [1.29, 1.82) is 0 Å². The maximum Gasteiger partial charge on any atom is 0.270 e. The second-order valence-corrected chi connectivity index (χ2v) is 13.1. The first-order valence-corrected chi connectivity index (χ1v) is 14.5. The molecule has 0 spiro atoms. The van der Waals surface area contributed by atoms with E-state index in [-0.39, 0.29) is 24.9 Å². The molecule has 41 heavy (non-hydrogen) atoms. The first-order valence-electron chi connectivity index (χ1n) is 13.4. The highest BCUT2D eigenvalue weighted by molar-refractivity contribution is 7.84. The lowest BCUT2D eigenvalue weighted by Gasteiger charge is -2.30. The van der Waals surface area contributed by atoms with Gasteiger partial charge in [-0.3, -0.25) is 4.79 Å². The zero-order chi connectivity index (χ0) is 29.1. The summed E-state index contributed by atoms with van der Waals surface area (Å²) in [7, 11) is -1.38. The minimum absolute atomic E-state index is 0.0103. The van der Waals surface area contributed by atoms with Gasteiger partial charge in [0.2, 0.25) is 0 Å². The van der Waals surface area contributed by atoms with Crippen LogP contribution in [0, 0.1) is 5.82 Å². The number of nitrogens with zero attached hydrogens (tertiary/aromatic N) is 4. The van der Waals surface area contributed by atoms with Crippen LogP contribution in [-0.4, -0.2) is 45.8 Å². The van der Waals surface area contributed by atoms with Gasteiger partial charge < -0.3 is 10.4 Å². The van der Waals surface area contributed by atoms with Crippen LogP contribution < -0.4 is 5.32 Å². The molecule has 10 heteroatoms. The summed E-state index contributed by atoms with van der Waals surface area (Å²) in [5, 5.41) is 12.8. The molecule has 0 fully saturated rings. The van der Waals surface area contributed by atoms with Gasteiger partial charge in [0.05, 0.1) is 16.5 Å². The van der Waals surface area contributed by atoms with E-state index in [0.717, 1.165) is 27.8 Å². The topological polar surface area (TPSA) is 108 Å². The number of aliphatic hydroxyl groups is 1. The van der Waals surface area contributed by atoms with Gasteiger partial charge in [0.25, 0.3) is 5.91 Å². The number of aromatic nitrogens is 3. The van der Waals surface area contributed by atoms with Crippen LogP contribution in [0.4, 0.5) is 4.39 Å². The van der Waals surface area contributed by atoms with E-state index in [9.17, 15) is 18.5 Å². The number of halogens is 1. The Balaban J connectivity index is 1.60. The Kier molecular flexibility index (Phi) is 8.35. The zero-order valence-electron chi connectivity index (χ0n) is 23.2. The maximum atomic E-state index is 14.2. The molecule has 2 atom stereocenters. The van der Waals surface area contributed by atoms with Gasteiger partial charge in [-0.1, -0.05) is 36.4 Å². The van der Waals surface area contributed by atoms with Gasteiger partial charge in [0.15, 0.2) is 0 Å². The summed E-state index contributed by atoms with van der Waals surface area (Å²) in [4.78, 5) is 26.4. The average molecular weight is 574 g/mol. The van der Waals surface area contributed by atoms with Crippen molar-refractivity contribution >= 4 is 16.9 Å². The highest BCUT2D eigenvalue weighted by Crippen LogP contribution is 2.44. The third-order valence-corrected chi connectivity index (χ3v) is 8.81. The van der Waals surface area contributed by atoms with Gasteiger partial charge in [-0.2, -0.15) is 0 Å². The van der Waals surface area contributed by atoms with Crippen molar-refractivity contribution in [3.63, 3.8) is 0 Å². The average Bonchev–Trinajstić information content (AvgIpc) is 3.34. The molecule has 2 aromatic carbocycles. The molecular weight excluding hydrogens is 541 g/mol. The van der Waals surface area contributed by atoms with Gasteiger partial charge in [-0.25, -0.2) is 27.9 Å². The Morgan fingerprint density at radius 1 is 1.07 bits per heavy atom. The van der Waals surface area contributed by atoms with Gasteiger partial charge in [0, 0.05) is 54.3 Å². The van der Waals surface area contributed by atoms with Crippen molar-refractivity contribution in [3.8, 4) is 22.4 Å². The van der Waals surface area contributed by atoms with Crippen molar-refractivity contribution < 1.29 is 18.5 Å². The molecule has 1 aliphatic rings. The Hall–Kier alpha value is -3.86. The van der Waals surface area contributed by atoms with Crippen molar-refractivity contribution in [2.45, 2.75) is 51.1 Å². The maximum absolute atomic E-state index is 14.2. The Labute approximate surface area is 241 Å². The second kappa shape index (κ2) is 11.9. The molecule has 4 aromatic rings. The second-order valence-electron chi connectivity index (χ2n) is 10.9. The molecule has 0 radical (unpaired) electrons. The van der Waals surface area contributed by atoms with Crippen molar-refractivity contribution in [1.82, 2.24) is 24.6 Å². The molecular formula is C31H32FN5O3S. The highest BCUT2D eigenvalue weighted by atomic mass is 32.2. The molecule has 8 nitrogen and oxygen atoms in total. The number of carbonyl (C=O) groups is 1.